The summed E-state index contributed by atoms with van der Waals surface area (Å²) in [6.07, 6.45) is 14.6. The third-order valence-electron chi connectivity index (χ3n) is 4.47. The highest BCUT2D eigenvalue weighted by molar-refractivity contribution is 14.0. The smallest absolute Gasteiger partial charge is 0.190 e. The lowest BCUT2D eigenvalue weighted by molar-refractivity contribution is 0.481. The van der Waals surface area contributed by atoms with Gasteiger partial charge in [0.2, 0.25) is 0 Å². The molecule has 0 bridgehead atoms. The Kier molecular flexibility index (Phi) is 10.3. The Bertz CT molecular complexity index is 452. The molecule has 1 aliphatic carbocycles. The minimum absolute atomic E-state index is 0. The molecule has 1 aromatic heterocycles. The highest BCUT2D eigenvalue weighted by Crippen LogP contribution is 2.28. The molecular weight excluding hydrogens is 401 g/mol. The molecule has 0 aliphatic heterocycles. The maximum Gasteiger partial charge on any atom is 0.190 e. The third kappa shape index (κ3) is 8.04. The average molecular weight is 433 g/mol. The molecule has 23 heavy (non-hydrogen) atoms. The van der Waals surface area contributed by atoms with Crippen LogP contribution in [0.25, 0.3) is 0 Å². The van der Waals surface area contributed by atoms with Gasteiger partial charge in [-0.2, -0.15) is 5.10 Å². The van der Waals surface area contributed by atoms with Crippen LogP contribution in [0.5, 0.6) is 0 Å². The van der Waals surface area contributed by atoms with Gasteiger partial charge in [-0.25, -0.2) is 0 Å². The van der Waals surface area contributed by atoms with E-state index in [1.165, 1.54) is 44.1 Å². The predicted molar refractivity (Wildman–Crippen MR) is 108 cm³/mol. The zero-order valence-electron chi connectivity index (χ0n) is 14.6. The molecule has 1 aliphatic rings. The number of aromatic nitrogens is 2. The molecule has 0 aromatic carbocycles. The molecule has 0 saturated heterocycles. The number of rotatable bonds is 8. The molecule has 6 heteroatoms. The standard InChI is InChI=1S/C17H31N5.HI/c1-18-17(19-11-5-9-15-7-3-4-8-15)20-12-6-10-16-13-21-22(2)14-16;/h13-15H,3-12H2,1-2H3,(H2,18,19,20);1H. The Morgan fingerprint density at radius 1 is 1.26 bits per heavy atom. The molecule has 1 fully saturated rings. The van der Waals surface area contributed by atoms with Gasteiger partial charge in [-0.3, -0.25) is 9.67 Å². The van der Waals surface area contributed by atoms with Gasteiger partial charge in [0.15, 0.2) is 5.96 Å². The summed E-state index contributed by atoms with van der Waals surface area (Å²) in [6, 6.07) is 0. The number of hydrogen-bond acceptors (Lipinski definition) is 2. The second-order valence-corrected chi connectivity index (χ2v) is 6.34. The summed E-state index contributed by atoms with van der Waals surface area (Å²) in [7, 11) is 3.80. The molecule has 5 nitrogen and oxygen atoms in total. The second-order valence-electron chi connectivity index (χ2n) is 6.34. The van der Waals surface area contributed by atoms with E-state index in [0.29, 0.717) is 0 Å². The first-order valence-corrected chi connectivity index (χ1v) is 8.70. The Hall–Kier alpha value is -0.790. The lowest BCUT2D eigenvalue weighted by Crippen LogP contribution is -2.38. The number of nitrogens with zero attached hydrogens (tertiary/aromatic N) is 3. The quantitative estimate of drug-likeness (QED) is 0.287. The van der Waals surface area contributed by atoms with Gasteiger partial charge in [0.1, 0.15) is 0 Å². The van der Waals surface area contributed by atoms with Crippen molar-refractivity contribution < 1.29 is 0 Å². The highest BCUT2D eigenvalue weighted by Gasteiger charge is 2.13. The zero-order valence-corrected chi connectivity index (χ0v) is 16.9. The van der Waals surface area contributed by atoms with Crippen molar-refractivity contribution in [1.82, 2.24) is 20.4 Å². The van der Waals surface area contributed by atoms with Crippen LogP contribution in [0.2, 0.25) is 0 Å². The molecule has 0 spiro atoms. The average Bonchev–Trinajstić information content (AvgIpc) is 3.17. The first kappa shape index (κ1) is 20.3. The van der Waals surface area contributed by atoms with Crippen molar-refractivity contribution in [2.45, 2.75) is 51.4 Å². The summed E-state index contributed by atoms with van der Waals surface area (Å²) in [4.78, 5) is 4.28. The van der Waals surface area contributed by atoms with Gasteiger partial charge in [0.05, 0.1) is 6.20 Å². The number of halogens is 1. The van der Waals surface area contributed by atoms with Crippen molar-refractivity contribution in [3.63, 3.8) is 0 Å². The Labute approximate surface area is 157 Å². The minimum Gasteiger partial charge on any atom is -0.356 e. The lowest BCUT2D eigenvalue weighted by Gasteiger charge is -2.13. The van der Waals surface area contributed by atoms with E-state index in [1.807, 2.05) is 25.0 Å². The molecule has 2 N–H and O–H groups in total. The summed E-state index contributed by atoms with van der Waals surface area (Å²) in [5.41, 5.74) is 1.30. The summed E-state index contributed by atoms with van der Waals surface area (Å²) in [6.45, 7) is 1.97. The molecule has 132 valence electrons. The van der Waals surface area contributed by atoms with Gasteiger partial charge in [-0.05, 0) is 37.2 Å². The fourth-order valence-electron chi connectivity index (χ4n) is 3.22. The van der Waals surface area contributed by atoms with E-state index in [9.17, 15) is 0 Å². The van der Waals surface area contributed by atoms with Crippen LogP contribution in [0.3, 0.4) is 0 Å². The molecule has 0 amide bonds. The highest BCUT2D eigenvalue weighted by atomic mass is 127. The monoisotopic (exact) mass is 433 g/mol. The van der Waals surface area contributed by atoms with Gasteiger partial charge in [-0.1, -0.05) is 25.7 Å². The van der Waals surface area contributed by atoms with E-state index in [2.05, 4.69) is 26.9 Å². The normalized spacial score (nSPS) is 15.5. The van der Waals surface area contributed by atoms with Crippen LogP contribution in [-0.4, -0.2) is 35.9 Å². The molecule has 2 rings (SSSR count). The van der Waals surface area contributed by atoms with E-state index in [4.69, 9.17) is 0 Å². The molecule has 0 unspecified atom stereocenters. The number of aliphatic imine (C=N–C) groups is 1. The maximum absolute atomic E-state index is 4.28. The van der Waals surface area contributed by atoms with E-state index in [-0.39, 0.29) is 24.0 Å². The van der Waals surface area contributed by atoms with Crippen molar-refractivity contribution >= 4 is 29.9 Å². The van der Waals surface area contributed by atoms with E-state index >= 15 is 0 Å². The van der Waals surface area contributed by atoms with Gasteiger partial charge in [0, 0.05) is 33.4 Å². The zero-order chi connectivity index (χ0) is 15.6. The van der Waals surface area contributed by atoms with E-state index < -0.39 is 0 Å². The van der Waals surface area contributed by atoms with Crippen molar-refractivity contribution in [2.24, 2.45) is 18.0 Å². The van der Waals surface area contributed by atoms with Crippen LogP contribution in [-0.2, 0) is 13.5 Å². The number of hydrogen-bond donors (Lipinski definition) is 2. The minimum atomic E-state index is 0. The SMILES string of the molecule is CN=C(NCCCc1cnn(C)c1)NCCCC1CCCC1.I. The van der Waals surface area contributed by atoms with Gasteiger partial charge >= 0.3 is 0 Å². The Morgan fingerprint density at radius 3 is 2.57 bits per heavy atom. The summed E-state index contributed by atoms with van der Waals surface area (Å²) in [5.74, 6) is 1.91. The molecule has 0 atom stereocenters. The summed E-state index contributed by atoms with van der Waals surface area (Å²) in [5, 5.41) is 11.0. The van der Waals surface area contributed by atoms with Gasteiger partial charge in [0.25, 0.3) is 0 Å². The fourth-order valence-corrected chi connectivity index (χ4v) is 3.22. The Morgan fingerprint density at radius 2 is 1.96 bits per heavy atom. The lowest BCUT2D eigenvalue weighted by atomic mass is 10.0. The Balaban J connectivity index is 0.00000264. The molecular formula is C17H32IN5. The third-order valence-corrected chi connectivity index (χ3v) is 4.47. The van der Waals surface area contributed by atoms with Crippen molar-refractivity contribution in [1.29, 1.82) is 0 Å². The topological polar surface area (TPSA) is 54.2 Å². The molecule has 1 heterocycles. The van der Waals surface area contributed by atoms with Gasteiger partial charge < -0.3 is 10.6 Å². The number of guanidine groups is 1. The van der Waals surface area contributed by atoms with Crippen LogP contribution >= 0.6 is 24.0 Å². The summed E-state index contributed by atoms with van der Waals surface area (Å²) < 4.78 is 1.85. The van der Waals surface area contributed by atoms with Crippen LogP contribution < -0.4 is 10.6 Å². The van der Waals surface area contributed by atoms with E-state index in [1.54, 1.807) is 0 Å². The van der Waals surface area contributed by atoms with Crippen molar-refractivity contribution in [3.8, 4) is 0 Å². The van der Waals surface area contributed by atoms with Crippen LogP contribution in [0.1, 0.15) is 50.5 Å². The first-order valence-electron chi connectivity index (χ1n) is 8.70. The molecule has 1 aromatic rings. The van der Waals surface area contributed by atoms with Crippen LogP contribution in [0.4, 0.5) is 0 Å². The molecule has 1 saturated carbocycles. The van der Waals surface area contributed by atoms with E-state index in [0.717, 1.165) is 37.8 Å². The van der Waals surface area contributed by atoms with Crippen LogP contribution in [0.15, 0.2) is 17.4 Å². The second kappa shape index (κ2) is 11.7. The van der Waals surface area contributed by atoms with Gasteiger partial charge in [-0.15, -0.1) is 24.0 Å². The van der Waals surface area contributed by atoms with Crippen molar-refractivity contribution in [2.75, 3.05) is 20.1 Å². The predicted octanol–water partition coefficient (Wildman–Crippen LogP) is 3.11. The van der Waals surface area contributed by atoms with Crippen molar-refractivity contribution in [3.05, 3.63) is 18.0 Å². The maximum atomic E-state index is 4.28. The first-order chi connectivity index (χ1) is 10.8. The fraction of sp³-hybridized carbons (Fsp3) is 0.765. The number of aryl methyl sites for hydroxylation is 2. The number of nitrogens with one attached hydrogen (secondary N) is 2. The largest absolute Gasteiger partial charge is 0.356 e. The molecule has 0 radical (unpaired) electrons. The summed E-state index contributed by atoms with van der Waals surface area (Å²) >= 11 is 0. The van der Waals surface area contributed by atoms with Crippen LogP contribution in [0, 0.1) is 5.92 Å².